The van der Waals surface area contributed by atoms with E-state index in [-0.39, 0.29) is 11.1 Å². The van der Waals surface area contributed by atoms with E-state index in [1.165, 1.54) is 12.1 Å². The minimum atomic E-state index is -1.01. The normalized spacial score (nSPS) is 15.1. The molecule has 3 aromatic rings. The Morgan fingerprint density at radius 2 is 1.69 bits per heavy atom. The Kier molecular flexibility index (Phi) is 6.21. The predicted molar refractivity (Wildman–Crippen MR) is 135 cm³/mol. The molecule has 1 aromatic heterocycles. The van der Waals surface area contributed by atoms with Crippen molar-refractivity contribution in [1.82, 2.24) is 9.88 Å². The Hall–Kier alpha value is -3.98. The van der Waals surface area contributed by atoms with Gasteiger partial charge in [0.05, 0.1) is 11.3 Å². The molecule has 0 aliphatic carbocycles. The van der Waals surface area contributed by atoms with Gasteiger partial charge in [-0.3, -0.25) is 14.9 Å². The molecular formula is C26H22BrN3O5. The van der Waals surface area contributed by atoms with Crippen molar-refractivity contribution in [2.45, 2.75) is 27.7 Å². The van der Waals surface area contributed by atoms with Crippen molar-refractivity contribution in [2.24, 2.45) is 0 Å². The van der Waals surface area contributed by atoms with Crippen molar-refractivity contribution in [1.29, 1.82) is 0 Å². The van der Waals surface area contributed by atoms with Crippen LogP contribution in [-0.4, -0.2) is 33.5 Å². The highest BCUT2D eigenvalue weighted by atomic mass is 79.9. The minimum absolute atomic E-state index is 0.164. The summed E-state index contributed by atoms with van der Waals surface area (Å²) in [5.74, 6) is -2.49. The van der Waals surface area contributed by atoms with Crippen molar-refractivity contribution in [3.63, 3.8) is 0 Å². The number of nitrogens with one attached hydrogen (secondary N) is 1. The van der Waals surface area contributed by atoms with E-state index >= 15 is 0 Å². The number of urea groups is 1. The fraction of sp³-hybridized carbons (Fsp3) is 0.154. The zero-order valence-electron chi connectivity index (χ0n) is 19.5. The van der Waals surface area contributed by atoms with Gasteiger partial charge in [-0.1, -0.05) is 15.9 Å². The van der Waals surface area contributed by atoms with Crippen LogP contribution in [0.5, 0.6) is 0 Å². The number of amides is 4. The Morgan fingerprint density at radius 1 is 0.971 bits per heavy atom. The highest BCUT2D eigenvalue weighted by Gasteiger charge is 2.37. The number of aryl methyl sites for hydroxylation is 3. The highest BCUT2D eigenvalue weighted by molar-refractivity contribution is 9.10. The van der Waals surface area contributed by atoms with E-state index in [2.05, 4.69) is 21.2 Å². The highest BCUT2D eigenvalue weighted by Crippen LogP contribution is 2.29. The quantitative estimate of drug-likeness (QED) is 0.367. The van der Waals surface area contributed by atoms with Crippen LogP contribution >= 0.6 is 15.9 Å². The summed E-state index contributed by atoms with van der Waals surface area (Å²) in [6, 6.07) is 10.9. The van der Waals surface area contributed by atoms with Crippen LogP contribution in [0.25, 0.3) is 11.8 Å². The van der Waals surface area contributed by atoms with E-state index in [4.69, 9.17) is 0 Å². The molecule has 1 aliphatic rings. The van der Waals surface area contributed by atoms with Crippen LogP contribution in [-0.2, 0) is 9.59 Å². The number of aromatic carboxylic acids is 1. The number of anilines is 1. The van der Waals surface area contributed by atoms with Crippen molar-refractivity contribution in [3.8, 4) is 5.69 Å². The van der Waals surface area contributed by atoms with Crippen LogP contribution in [0.1, 0.15) is 38.4 Å². The summed E-state index contributed by atoms with van der Waals surface area (Å²) in [7, 11) is 0. The number of benzene rings is 2. The van der Waals surface area contributed by atoms with Crippen LogP contribution in [0, 0.1) is 27.7 Å². The number of halogens is 1. The van der Waals surface area contributed by atoms with E-state index in [9.17, 15) is 24.3 Å². The number of imide groups is 2. The number of nitrogens with zero attached hydrogens (tertiary/aromatic N) is 2. The molecule has 9 heteroatoms. The number of aromatic nitrogens is 1. The Morgan fingerprint density at radius 3 is 2.31 bits per heavy atom. The monoisotopic (exact) mass is 535 g/mol. The maximum Gasteiger partial charge on any atom is 0.335 e. The molecule has 2 aromatic carbocycles. The van der Waals surface area contributed by atoms with Crippen LogP contribution in [0.3, 0.4) is 0 Å². The Bertz CT molecular complexity index is 1470. The van der Waals surface area contributed by atoms with Crippen molar-refractivity contribution in [3.05, 3.63) is 86.2 Å². The smallest absolute Gasteiger partial charge is 0.335 e. The van der Waals surface area contributed by atoms with E-state index in [0.29, 0.717) is 11.3 Å². The van der Waals surface area contributed by atoms with Gasteiger partial charge >= 0.3 is 12.0 Å². The van der Waals surface area contributed by atoms with Crippen molar-refractivity contribution in [2.75, 3.05) is 4.90 Å². The zero-order valence-corrected chi connectivity index (χ0v) is 21.1. The SMILES string of the molecule is Cc1cc(N2C(=O)NC(=O)/C(=C\c3cc(C)n(-c4ccc(C(=O)O)cc4C)c3C)C2=O)ccc1Br. The molecule has 4 rings (SSSR count). The summed E-state index contributed by atoms with van der Waals surface area (Å²) in [5.41, 5.74) is 4.98. The molecule has 1 fully saturated rings. The average molecular weight is 536 g/mol. The molecule has 2 N–H and O–H groups in total. The molecule has 0 unspecified atom stereocenters. The van der Waals surface area contributed by atoms with Gasteiger partial charge in [-0.2, -0.15) is 0 Å². The molecular weight excluding hydrogens is 514 g/mol. The summed E-state index contributed by atoms with van der Waals surface area (Å²) in [4.78, 5) is 50.7. The third kappa shape index (κ3) is 4.30. The first-order chi connectivity index (χ1) is 16.5. The molecule has 0 saturated carbocycles. The van der Waals surface area contributed by atoms with E-state index < -0.39 is 23.8 Å². The van der Waals surface area contributed by atoms with E-state index in [1.54, 1.807) is 30.3 Å². The summed E-state index contributed by atoms with van der Waals surface area (Å²) >= 11 is 3.40. The summed E-state index contributed by atoms with van der Waals surface area (Å²) in [5, 5.41) is 11.5. The summed E-state index contributed by atoms with van der Waals surface area (Å²) < 4.78 is 2.76. The van der Waals surface area contributed by atoms with Gasteiger partial charge in [0.2, 0.25) is 0 Å². The number of carboxylic acids is 1. The van der Waals surface area contributed by atoms with Gasteiger partial charge in [0.15, 0.2) is 0 Å². The predicted octanol–water partition coefficient (Wildman–Crippen LogP) is 4.84. The lowest BCUT2D eigenvalue weighted by molar-refractivity contribution is -0.122. The summed E-state index contributed by atoms with van der Waals surface area (Å²) in [6.45, 7) is 7.38. The second-order valence-corrected chi connectivity index (χ2v) is 9.21. The van der Waals surface area contributed by atoms with E-state index in [1.807, 2.05) is 38.3 Å². The first-order valence-electron chi connectivity index (χ1n) is 10.7. The number of carbonyl (C=O) groups excluding carboxylic acids is 3. The molecule has 0 spiro atoms. The fourth-order valence-electron chi connectivity index (χ4n) is 4.16. The van der Waals surface area contributed by atoms with Crippen LogP contribution in [0.2, 0.25) is 0 Å². The number of hydrogen-bond donors (Lipinski definition) is 2. The van der Waals surface area contributed by atoms with Crippen LogP contribution in [0.4, 0.5) is 10.5 Å². The molecule has 8 nitrogen and oxygen atoms in total. The lowest BCUT2D eigenvalue weighted by atomic mass is 10.1. The number of carbonyl (C=O) groups is 4. The molecule has 0 bridgehead atoms. The summed E-state index contributed by atoms with van der Waals surface area (Å²) in [6.07, 6.45) is 1.47. The Labute approximate surface area is 210 Å². The van der Waals surface area contributed by atoms with Gasteiger partial charge in [-0.05, 0) is 92.9 Å². The van der Waals surface area contributed by atoms with Gasteiger partial charge in [-0.25, -0.2) is 14.5 Å². The van der Waals surface area contributed by atoms with Crippen LogP contribution in [0.15, 0.2) is 52.5 Å². The molecule has 2 heterocycles. The maximum atomic E-state index is 13.3. The third-order valence-electron chi connectivity index (χ3n) is 5.96. The number of carboxylic acid groups (broad SMARTS) is 1. The number of hydrogen-bond acceptors (Lipinski definition) is 4. The third-order valence-corrected chi connectivity index (χ3v) is 6.85. The minimum Gasteiger partial charge on any atom is -0.478 e. The van der Waals surface area contributed by atoms with Crippen molar-refractivity contribution >= 4 is 51.5 Å². The van der Waals surface area contributed by atoms with Gasteiger partial charge in [0.25, 0.3) is 11.8 Å². The molecule has 1 aliphatic heterocycles. The average Bonchev–Trinajstić information content (AvgIpc) is 3.06. The molecule has 0 atom stereocenters. The molecule has 1 saturated heterocycles. The largest absolute Gasteiger partial charge is 0.478 e. The maximum absolute atomic E-state index is 13.3. The lowest BCUT2D eigenvalue weighted by Gasteiger charge is -2.26. The lowest BCUT2D eigenvalue weighted by Crippen LogP contribution is -2.54. The van der Waals surface area contributed by atoms with E-state index in [0.717, 1.165) is 37.6 Å². The first kappa shape index (κ1) is 24.2. The number of rotatable bonds is 4. The first-order valence-corrected chi connectivity index (χ1v) is 11.5. The number of barbiturate groups is 1. The topological polar surface area (TPSA) is 109 Å². The van der Waals surface area contributed by atoms with Gasteiger partial charge in [0.1, 0.15) is 5.57 Å². The molecule has 178 valence electrons. The van der Waals surface area contributed by atoms with Gasteiger partial charge < -0.3 is 9.67 Å². The second kappa shape index (κ2) is 8.99. The van der Waals surface area contributed by atoms with Crippen molar-refractivity contribution < 1.29 is 24.3 Å². The standard InChI is InChI=1S/C26H22BrN3O5/c1-13-10-19(6-7-21(13)27)30-24(32)20(23(31)28-26(30)35)12-18-11-15(3)29(16(18)4)22-8-5-17(25(33)34)9-14(22)2/h5-12H,1-4H3,(H,33,34)(H,28,31,35)/b20-12+. The van der Waals surface area contributed by atoms with Crippen LogP contribution < -0.4 is 10.2 Å². The Balaban J connectivity index is 1.77. The zero-order chi connectivity index (χ0) is 25.6. The van der Waals surface area contributed by atoms with Gasteiger partial charge in [0, 0.05) is 21.5 Å². The molecule has 4 amide bonds. The molecule has 35 heavy (non-hydrogen) atoms. The molecule has 0 radical (unpaired) electrons. The van der Waals surface area contributed by atoms with Gasteiger partial charge in [-0.15, -0.1) is 0 Å². The fourth-order valence-corrected chi connectivity index (χ4v) is 4.41. The second-order valence-electron chi connectivity index (χ2n) is 8.36.